The van der Waals surface area contributed by atoms with Crippen LogP contribution in [0.5, 0.6) is 0 Å². The van der Waals surface area contributed by atoms with Crippen molar-refractivity contribution >= 4 is 0 Å². The number of aromatic nitrogens is 2. The first-order valence-corrected chi connectivity index (χ1v) is 7.23. The summed E-state index contributed by atoms with van der Waals surface area (Å²) in [4.78, 5) is 6.71. The molecule has 1 saturated carbocycles. The van der Waals surface area contributed by atoms with Gasteiger partial charge in [-0.3, -0.25) is 4.90 Å². The normalized spacial score (nSPS) is 16.6. The molecule has 0 radical (unpaired) electrons. The maximum absolute atomic E-state index is 5.34. The van der Waals surface area contributed by atoms with Crippen molar-refractivity contribution in [3.8, 4) is 0 Å². The molecule has 1 aromatic heterocycles. The van der Waals surface area contributed by atoms with Crippen molar-refractivity contribution in [3.63, 3.8) is 0 Å². The van der Waals surface area contributed by atoms with Gasteiger partial charge >= 0.3 is 0 Å². The zero-order chi connectivity index (χ0) is 14.1. The van der Waals surface area contributed by atoms with Gasteiger partial charge < -0.3 is 4.52 Å². The molecule has 0 spiro atoms. The lowest BCUT2D eigenvalue weighted by Crippen LogP contribution is -2.22. The number of hydrogen-bond acceptors (Lipinski definition) is 4. The van der Waals surface area contributed by atoms with Crippen molar-refractivity contribution in [2.75, 3.05) is 7.05 Å². The first kappa shape index (κ1) is 13.3. The third-order valence-corrected chi connectivity index (χ3v) is 4.03. The maximum Gasteiger partial charge on any atom is 0.240 e. The van der Waals surface area contributed by atoms with Crippen LogP contribution in [0.3, 0.4) is 0 Å². The zero-order valence-electron chi connectivity index (χ0n) is 12.3. The largest absolute Gasteiger partial charge is 0.338 e. The van der Waals surface area contributed by atoms with E-state index in [1.807, 2.05) is 0 Å². The predicted octanol–water partition coefficient (Wildman–Crippen LogP) is 3.45. The van der Waals surface area contributed by atoms with Crippen molar-refractivity contribution in [2.45, 2.75) is 45.2 Å². The monoisotopic (exact) mass is 271 g/mol. The fourth-order valence-corrected chi connectivity index (χ4v) is 2.29. The lowest BCUT2D eigenvalue weighted by molar-refractivity contribution is 0.216. The van der Waals surface area contributed by atoms with Crippen molar-refractivity contribution in [1.29, 1.82) is 0 Å². The number of aryl methyl sites for hydroxylation is 1. The molecule has 1 aromatic carbocycles. The first-order valence-electron chi connectivity index (χ1n) is 7.23. The molecule has 106 valence electrons. The van der Waals surface area contributed by atoms with E-state index in [0.717, 1.165) is 5.82 Å². The Labute approximate surface area is 119 Å². The molecule has 0 saturated heterocycles. The Bertz CT molecular complexity index is 572. The Hall–Kier alpha value is -1.68. The highest BCUT2D eigenvalue weighted by molar-refractivity contribution is 5.23. The van der Waals surface area contributed by atoms with Gasteiger partial charge in [-0.25, -0.2) is 0 Å². The van der Waals surface area contributed by atoms with Crippen LogP contribution in [-0.2, 0) is 6.54 Å². The standard InChI is InChI=1S/C16H21N3O/c1-11-4-6-13(7-5-11)12(2)19(3)10-15-17-16(18-20-15)14-8-9-14/h4-7,12,14H,8-10H2,1-3H3/t12-/m1/s1. The molecule has 1 fully saturated rings. The SMILES string of the molecule is Cc1ccc([C@@H](C)N(C)Cc2nc(C3CC3)no2)cc1. The van der Waals surface area contributed by atoms with E-state index in [-0.39, 0.29) is 0 Å². The molecule has 1 aliphatic rings. The summed E-state index contributed by atoms with van der Waals surface area (Å²) >= 11 is 0. The van der Waals surface area contributed by atoms with Gasteiger partial charge in [0.2, 0.25) is 5.89 Å². The van der Waals surface area contributed by atoms with Gasteiger partial charge in [0.1, 0.15) is 0 Å². The fourth-order valence-electron chi connectivity index (χ4n) is 2.29. The molecule has 1 aliphatic carbocycles. The molecular weight excluding hydrogens is 250 g/mol. The van der Waals surface area contributed by atoms with Crippen molar-refractivity contribution in [1.82, 2.24) is 15.0 Å². The van der Waals surface area contributed by atoms with Gasteiger partial charge in [-0.2, -0.15) is 4.98 Å². The minimum absolute atomic E-state index is 0.326. The van der Waals surface area contributed by atoms with Gasteiger partial charge in [-0.15, -0.1) is 0 Å². The Morgan fingerprint density at radius 1 is 1.30 bits per heavy atom. The van der Waals surface area contributed by atoms with Crippen LogP contribution in [0.25, 0.3) is 0 Å². The zero-order valence-corrected chi connectivity index (χ0v) is 12.3. The molecule has 4 nitrogen and oxygen atoms in total. The van der Waals surface area contributed by atoms with E-state index in [4.69, 9.17) is 4.52 Å². The predicted molar refractivity (Wildman–Crippen MR) is 77.3 cm³/mol. The van der Waals surface area contributed by atoms with Gasteiger partial charge in [0.25, 0.3) is 0 Å². The number of nitrogens with zero attached hydrogens (tertiary/aromatic N) is 3. The summed E-state index contributed by atoms with van der Waals surface area (Å²) in [6, 6.07) is 8.99. The Kier molecular flexibility index (Phi) is 3.57. The second-order valence-corrected chi connectivity index (χ2v) is 5.82. The minimum Gasteiger partial charge on any atom is -0.338 e. The summed E-state index contributed by atoms with van der Waals surface area (Å²) < 4.78 is 5.34. The molecule has 2 aromatic rings. The highest BCUT2D eigenvalue weighted by Crippen LogP contribution is 2.38. The Morgan fingerprint density at radius 2 is 2.00 bits per heavy atom. The highest BCUT2D eigenvalue weighted by atomic mass is 16.5. The average molecular weight is 271 g/mol. The van der Waals surface area contributed by atoms with Crippen LogP contribution in [0.2, 0.25) is 0 Å². The number of rotatable bonds is 5. The van der Waals surface area contributed by atoms with Crippen LogP contribution in [0.15, 0.2) is 28.8 Å². The topological polar surface area (TPSA) is 42.2 Å². The van der Waals surface area contributed by atoms with Crippen molar-refractivity contribution in [3.05, 3.63) is 47.1 Å². The molecule has 0 N–H and O–H groups in total. The summed E-state index contributed by atoms with van der Waals surface area (Å²) in [6.45, 7) is 4.99. The third-order valence-electron chi connectivity index (χ3n) is 4.03. The summed E-state index contributed by atoms with van der Waals surface area (Å²) in [5.41, 5.74) is 2.59. The summed E-state index contributed by atoms with van der Waals surface area (Å²) in [5, 5.41) is 4.06. The lowest BCUT2D eigenvalue weighted by atomic mass is 10.1. The van der Waals surface area contributed by atoms with Gasteiger partial charge in [0, 0.05) is 12.0 Å². The van der Waals surface area contributed by atoms with Crippen LogP contribution >= 0.6 is 0 Å². The van der Waals surface area contributed by atoms with Crippen LogP contribution < -0.4 is 0 Å². The van der Waals surface area contributed by atoms with E-state index in [0.29, 0.717) is 24.4 Å². The van der Waals surface area contributed by atoms with Crippen LogP contribution in [-0.4, -0.2) is 22.1 Å². The molecule has 4 heteroatoms. The minimum atomic E-state index is 0.326. The molecule has 0 bridgehead atoms. The van der Waals surface area contributed by atoms with E-state index in [2.05, 4.69) is 60.2 Å². The molecule has 0 amide bonds. The van der Waals surface area contributed by atoms with E-state index >= 15 is 0 Å². The third kappa shape index (κ3) is 2.90. The van der Waals surface area contributed by atoms with Crippen LogP contribution in [0.4, 0.5) is 0 Å². The first-order chi connectivity index (χ1) is 9.63. The van der Waals surface area contributed by atoms with Gasteiger partial charge in [-0.05, 0) is 39.3 Å². The van der Waals surface area contributed by atoms with Crippen LogP contribution in [0.1, 0.15) is 54.6 Å². The second kappa shape index (κ2) is 5.37. The quantitative estimate of drug-likeness (QED) is 0.835. The van der Waals surface area contributed by atoms with E-state index in [1.165, 1.54) is 24.0 Å². The number of hydrogen-bond donors (Lipinski definition) is 0. The molecule has 1 atom stereocenters. The average Bonchev–Trinajstić information content (AvgIpc) is 3.20. The molecule has 0 unspecified atom stereocenters. The molecule has 0 aliphatic heterocycles. The smallest absolute Gasteiger partial charge is 0.240 e. The summed E-state index contributed by atoms with van der Waals surface area (Å²) in [6.07, 6.45) is 2.41. The van der Waals surface area contributed by atoms with Crippen molar-refractivity contribution in [2.24, 2.45) is 0 Å². The fraction of sp³-hybridized carbons (Fsp3) is 0.500. The van der Waals surface area contributed by atoms with E-state index in [1.54, 1.807) is 0 Å². The van der Waals surface area contributed by atoms with Gasteiger partial charge in [-0.1, -0.05) is 35.0 Å². The Morgan fingerprint density at radius 3 is 2.65 bits per heavy atom. The lowest BCUT2D eigenvalue weighted by Gasteiger charge is -2.23. The molecular formula is C16H21N3O. The highest BCUT2D eigenvalue weighted by Gasteiger charge is 2.29. The molecule has 1 heterocycles. The second-order valence-electron chi connectivity index (χ2n) is 5.82. The Balaban J connectivity index is 1.64. The molecule has 3 rings (SSSR count). The number of benzene rings is 1. The molecule has 20 heavy (non-hydrogen) atoms. The van der Waals surface area contributed by atoms with Gasteiger partial charge in [0.05, 0.1) is 6.54 Å². The summed E-state index contributed by atoms with van der Waals surface area (Å²) in [5.74, 6) is 2.15. The van der Waals surface area contributed by atoms with Crippen molar-refractivity contribution < 1.29 is 4.52 Å². The summed E-state index contributed by atoms with van der Waals surface area (Å²) in [7, 11) is 2.09. The maximum atomic E-state index is 5.34. The van der Waals surface area contributed by atoms with E-state index in [9.17, 15) is 0 Å². The van der Waals surface area contributed by atoms with Gasteiger partial charge in [0.15, 0.2) is 5.82 Å². The van der Waals surface area contributed by atoms with E-state index < -0.39 is 0 Å². The van der Waals surface area contributed by atoms with Crippen LogP contribution in [0, 0.1) is 6.92 Å².